The molecule has 0 aromatic heterocycles. The fourth-order valence-corrected chi connectivity index (χ4v) is 5.02. The van der Waals surface area contributed by atoms with Crippen LogP contribution in [0.3, 0.4) is 0 Å². The first-order chi connectivity index (χ1) is 14.9. The second kappa shape index (κ2) is 6.98. The predicted molar refractivity (Wildman–Crippen MR) is 117 cm³/mol. The van der Waals surface area contributed by atoms with Crippen LogP contribution in [-0.4, -0.2) is 42.6 Å². The molecule has 2 aromatic carbocycles. The van der Waals surface area contributed by atoms with Gasteiger partial charge in [-0.1, -0.05) is 17.7 Å². The van der Waals surface area contributed by atoms with Crippen molar-refractivity contribution in [3.05, 3.63) is 58.4 Å². The lowest BCUT2D eigenvalue weighted by atomic mass is 9.74. The van der Waals surface area contributed by atoms with Gasteiger partial charge in [-0.2, -0.15) is 0 Å². The zero-order valence-corrected chi connectivity index (χ0v) is 17.8. The Morgan fingerprint density at radius 2 is 2.10 bits per heavy atom. The third kappa shape index (κ3) is 3.06. The van der Waals surface area contributed by atoms with Crippen molar-refractivity contribution >= 4 is 29.2 Å². The Kier molecular flexibility index (Phi) is 4.47. The van der Waals surface area contributed by atoms with Crippen LogP contribution < -0.4 is 10.5 Å². The summed E-state index contributed by atoms with van der Waals surface area (Å²) < 4.78 is 12.2. The molecule has 0 aliphatic carbocycles. The smallest absolute Gasteiger partial charge is 0.261 e. The molecule has 2 atom stereocenters. The molecule has 5 rings (SSSR count). The second-order valence-corrected chi connectivity index (χ2v) is 8.77. The van der Waals surface area contributed by atoms with Crippen LogP contribution in [0.1, 0.15) is 24.8 Å². The summed E-state index contributed by atoms with van der Waals surface area (Å²) in [6.45, 7) is 8.41. The van der Waals surface area contributed by atoms with Crippen LogP contribution in [0.4, 0.5) is 5.69 Å². The van der Waals surface area contributed by atoms with Gasteiger partial charge < -0.3 is 15.2 Å². The molecule has 3 heterocycles. The fraction of sp³-hybridized carbons (Fsp3) is 0.348. The van der Waals surface area contributed by atoms with Gasteiger partial charge in [0, 0.05) is 30.7 Å². The van der Waals surface area contributed by atoms with E-state index in [0.29, 0.717) is 41.7 Å². The van der Waals surface area contributed by atoms with Crippen molar-refractivity contribution in [1.82, 2.24) is 4.90 Å². The molecule has 0 radical (unpaired) electrons. The van der Waals surface area contributed by atoms with E-state index in [0.717, 1.165) is 24.0 Å². The molecule has 8 heteroatoms. The maximum Gasteiger partial charge on any atom is 0.261 e. The van der Waals surface area contributed by atoms with Crippen molar-refractivity contribution in [3.63, 3.8) is 0 Å². The molecule has 1 saturated heterocycles. The summed E-state index contributed by atoms with van der Waals surface area (Å²) >= 11 is 6.22. The van der Waals surface area contributed by atoms with E-state index in [9.17, 15) is 4.79 Å². The number of carbonyl (C=O) groups excluding carboxylic acids is 1. The van der Waals surface area contributed by atoms with Crippen LogP contribution >= 0.6 is 11.6 Å². The number of fused-ring (bicyclic) bond motifs is 2. The van der Waals surface area contributed by atoms with Gasteiger partial charge in [0.2, 0.25) is 0 Å². The minimum atomic E-state index is -1.16. The number of ether oxygens (including phenoxy) is 2. The third-order valence-electron chi connectivity index (χ3n) is 6.27. The average molecular weight is 437 g/mol. The Bertz CT molecular complexity index is 1170. The topological polar surface area (TPSA) is 81.5 Å². The maximum absolute atomic E-state index is 13.5. The predicted octanol–water partition coefficient (Wildman–Crippen LogP) is 3.87. The first-order valence-electron chi connectivity index (χ1n) is 10.1. The number of hydrogen-bond acceptors (Lipinski definition) is 5. The van der Waals surface area contributed by atoms with Crippen molar-refractivity contribution in [1.29, 1.82) is 0 Å². The van der Waals surface area contributed by atoms with Crippen LogP contribution in [0.5, 0.6) is 5.75 Å². The van der Waals surface area contributed by atoms with E-state index in [-0.39, 0.29) is 11.9 Å². The number of halogens is 1. The molecular weight excluding hydrogens is 416 g/mol. The second-order valence-electron chi connectivity index (χ2n) is 8.33. The molecule has 0 saturated carbocycles. The summed E-state index contributed by atoms with van der Waals surface area (Å²) in [7, 11) is 1.64. The Labute approximate surface area is 185 Å². The van der Waals surface area contributed by atoms with Crippen LogP contribution in [0.2, 0.25) is 5.02 Å². The van der Waals surface area contributed by atoms with Crippen LogP contribution in [-0.2, 0) is 15.1 Å². The number of rotatable bonds is 1. The van der Waals surface area contributed by atoms with Gasteiger partial charge in [0.25, 0.3) is 5.91 Å². The van der Waals surface area contributed by atoms with Gasteiger partial charge in [0.15, 0.2) is 17.2 Å². The van der Waals surface area contributed by atoms with Gasteiger partial charge in [-0.25, -0.2) is 9.84 Å². The van der Waals surface area contributed by atoms with Gasteiger partial charge >= 0.3 is 0 Å². The highest BCUT2D eigenvalue weighted by molar-refractivity contribution is 6.31. The molecule has 3 aliphatic heterocycles. The van der Waals surface area contributed by atoms with Crippen molar-refractivity contribution in [2.45, 2.75) is 30.4 Å². The minimum absolute atomic E-state index is 0.176. The molecule has 7 nitrogen and oxygen atoms in total. The molecule has 1 amide bonds. The SMILES string of the molecule is [C-]#[N+]c1cc(Cl)cc(-c2ccc3c(c2)C2(CC4(CCCOC4)O3)N=C(N)N(C)C2=O)c1. The number of aliphatic imine (C=N–C) groups is 1. The summed E-state index contributed by atoms with van der Waals surface area (Å²) in [6, 6.07) is 10.9. The van der Waals surface area contributed by atoms with Crippen LogP contribution in [0.25, 0.3) is 16.0 Å². The molecule has 3 aliphatic rings. The van der Waals surface area contributed by atoms with E-state index in [1.807, 2.05) is 18.2 Å². The first kappa shape index (κ1) is 19.9. The lowest BCUT2D eigenvalue weighted by molar-refractivity contribution is -0.139. The van der Waals surface area contributed by atoms with E-state index in [1.165, 1.54) is 4.90 Å². The number of carbonyl (C=O) groups is 1. The molecule has 158 valence electrons. The molecule has 2 spiro atoms. The van der Waals surface area contributed by atoms with E-state index in [2.05, 4.69) is 9.84 Å². The maximum atomic E-state index is 13.5. The van der Waals surface area contributed by atoms with Crippen LogP contribution in [0.15, 0.2) is 41.4 Å². The summed E-state index contributed by atoms with van der Waals surface area (Å²) in [4.78, 5) is 23.0. The average Bonchev–Trinajstić information content (AvgIpc) is 2.97. The lowest BCUT2D eigenvalue weighted by Gasteiger charge is -2.46. The third-order valence-corrected chi connectivity index (χ3v) is 6.49. The highest BCUT2D eigenvalue weighted by Crippen LogP contribution is 2.52. The Hall–Kier alpha value is -3.08. The number of likely N-dealkylation sites (N-methyl/N-ethyl adjacent to an activating group) is 1. The number of guanidine groups is 1. The molecule has 2 N–H and O–H groups in total. The molecule has 2 unspecified atom stereocenters. The lowest BCUT2D eigenvalue weighted by Crippen LogP contribution is -2.55. The molecule has 2 aromatic rings. The Morgan fingerprint density at radius 1 is 1.26 bits per heavy atom. The van der Waals surface area contributed by atoms with Crippen molar-refractivity contribution in [2.24, 2.45) is 10.7 Å². The highest BCUT2D eigenvalue weighted by atomic mass is 35.5. The first-order valence-corrected chi connectivity index (χ1v) is 10.5. The molecule has 0 bridgehead atoms. The molecule has 31 heavy (non-hydrogen) atoms. The van der Waals surface area contributed by atoms with E-state index >= 15 is 0 Å². The van der Waals surface area contributed by atoms with Crippen molar-refractivity contribution < 1.29 is 14.3 Å². The van der Waals surface area contributed by atoms with Crippen LogP contribution in [0, 0.1) is 6.57 Å². The Balaban J connectivity index is 1.69. The molecule has 1 fully saturated rings. The summed E-state index contributed by atoms with van der Waals surface area (Å²) in [6.07, 6.45) is 2.00. The number of nitrogens with zero attached hydrogens (tertiary/aromatic N) is 3. The van der Waals surface area contributed by atoms with Gasteiger partial charge in [0.1, 0.15) is 11.4 Å². The van der Waals surface area contributed by atoms with E-state index in [4.69, 9.17) is 33.4 Å². The number of hydrogen-bond donors (Lipinski definition) is 1. The van der Waals surface area contributed by atoms with Gasteiger partial charge in [0.05, 0.1) is 13.2 Å². The van der Waals surface area contributed by atoms with Gasteiger partial charge in [-0.3, -0.25) is 9.69 Å². The fourth-order valence-electron chi connectivity index (χ4n) is 4.79. The Morgan fingerprint density at radius 3 is 2.77 bits per heavy atom. The van der Waals surface area contributed by atoms with E-state index < -0.39 is 11.1 Å². The quantitative estimate of drug-likeness (QED) is 0.688. The van der Waals surface area contributed by atoms with Gasteiger partial charge in [-0.15, -0.1) is 0 Å². The van der Waals surface area contributed by atoms with Crippen molar-refractivity contribution in [3.8, 4) is 16.9 Å². The summed E-state index contributed by atoms with van der Waals surface area (Å²) in [5, 5.41) is 0.476. The standard InChI is InChI=1S/C23H21ClN4O3/c1-26-17-9-15(8-16(24)11-17)14-4-5-19-18(10-14)23(20(29)28(2)21(25)27-23)12-22(31-19)6-3-7-30-13-22/h4-5,8-11H,3,6-7,12-13H2,2H3,(H2,25,27). The summed E-state index contributed by atoms with van der Waals surface area (Å²) in [5.41, 5.74) is 7.03. The number of amides is 1. The zero-order valence-electron chi connectivity index (χ0n) is 17.0. The highest BCUT2D eigenvalue weighted by Gasteiger charge is 2.58. The van der Waals surface area contributed by atoms with Crippen molar-refractivity contribution in [2.75, 3.05) is 20.3 Å². The van der Waals surface area contributed by atoms with E-state index in [1.54, 1.807) is 25.2 Å². The number of benzene rings is 2. The van der Waals surface area contributed by atoms with Gasteiger partial charge in [-0.05, 0) is 54.3 Å². The summed E-state index contributed by atoms with van der Waals surface area (Å²) in [5.74, 6) is 0.617. The zero-order chi connectivity index (χ0) is 21.8. The monoisotopic (exact) mass is 436 g/mol. The normalized spacial score (nSPS) is 27.1. The largest absolute Gasteiger partial charge is 0.484 e. The molecular formula is C23H21ClN4O3. The minimum Gasteiger partial charge on any atom is -0.484 e. The number of nitrogens with two attached hydrogens (primary N) is 1.